The van der Waals surface area contributed by atoms with Crippen LogP contribution in [0.15, 0.2) is 12.1 Å². The molecule has 0 heterocycles. The molecule has 0 spiro atoms. The van der Waals surface area contributed by atoms with Gasteiger partial charge >= 0.3 is 0 Å². The first-order valence-corrected chi connectivity index (χ1v) is 10.1. The maximum absolute atomic E-state index is 14.2. The van der Waals surface area contributed by atoms with Crippen molar-refractivity contribution in [1.29, 1.82) is 0 Å². The second-order valence-electron chi connectivity index (χ2n) is 8.20. The Hall–Kier alpha value is -0.960. The fourth-order valence-corrected chi connectivity index (χ4v) is 5.13. The molecule has 0 aromatic heterocycles. The Kier molecular flexibility index (Phi) is 6.49. The average molecular weight is 350 g/mol. The highest BCUT2D eigenvalue weighted by Crippen LogP contribution is 2.44. The molecule has 140 valence electrons. The molecule has 0 atom stereocenters. The van der Waals surface area contributed by atoms with Gasteiger partial charge in [-0.05, 0) is 79.9 Å². The molecule has 2 aliphatic carbocycles. The summed E-state index contributed by atoms with van der Waals surface area (Å²) in [7, 11) is 1.46. The van der Waals surface area contributed by atoms with Gasteiger partial charge in [-0.3, -0.25) is 0 Å². The summed E-state index contributed by atoms with van der Waals surface area (Å²) >= 11 is 0. The van der Waals surface area contributed by atoms with Gasteiger partial charge in [0.2, 0.25) is 0 Å². The Labute approximate surface area is 151 Å². The molecule has 2 aliphatic rings. The number of halogens is 2. The normalized spacial score (nSPS) is 30.4. The third-order valence-electron chi connectivity index (χ3n) is 6.83. The lowest BCUT2D eigenvalue weighted by molar-refractivity contribution is 0.158. The van der Waals surface area contributed by atoms with Crippen molar-refractivity contribution >= 4 is 0 Å². The lowest BCUT2D eigenvalue weighted by Crippen LogP contribution is -2.25. The summed E-state index contributed by atoms with van der Waals surface area (Å²) in [4.78, 5) is 0. The zero-order valence-corrected chi connectivity index (χ0v) is 15.7. The quantitative estimate of drug-likeness (QED) is 0.581. The molecule has 1 nitrogen and oxygen atoms in total. The lowest BCUT2D eigenvalue weighted by Gasteiger charge is -2.38. The van der Waals surface area contributed by atoms with E-state index in [-0.39, 0.29) is 12.2 Å². The molecule has 25 heavy (non-hydrogen) atoms. The maximum Gasteiger partial charge on any atom is 0.131 e. The first-order valence-electron chi connectivity index (χ1n) is 10.1. The third kappa shape index (κ3) is 4.42. The highest BCUT2D eigenvalue weighted by atomic mass is 19.1. The van der Waals surface area contributed by atoms with Crippen molar-refractivity contribution in [3.8, 4) is 0 Å². The molecule has 2 saturated carbocycles. The van der Waals surface area contributed by atoms with Crippen LogP contribution in [0.25, 0.3) is 0 Å². The minimum Gasteiger partial charge on any atom is -0.380 e. The van der Waals surface area contributed by atoms with Gasteiger partial charge in [0.15, 0.2) is 0 Å². The standard InChI is InChI=1S/C22H32F2O/c1-3-15-4-6-16(7-5-15)17-8-10-18(11-9-17)19-12-21(23)20(14-25-2)22(24)13-19/h12-13,15-18H,3-11,14H2,1-2H3/t15-,16-,17-,18-. The zero-order chi connectivity index (χ0) is 17.8. The van der Waals surface area contributed by atoms with Crippen molar-refractivity contribution < 1.29 is 13.5 Å². The molecule has 0 saturated heterocycles. The lowest BCUT2D eigenvalue weighted by atomic mass is 9.68. The van der Waals surface area contributed by atoms with Crippen LogP contribution in [0, 0.1) is 29.4 Å². The van der Waals surface area contributed by atoms with Crippen LogP contribution in [0.4, 0.5) is 8.78 Å². The van der Waals surface area contributed by atoms with Crippen LogP contribution in [0.3, 0.4) is 0 Å². The monoisotopic (exact) mass is 350 g/mol. The van der Waals surface area contributed by atoms with Crippen molar-refractivity contribution in [3.63, 3.8) is 0 Å². The Morgan fingerprint density at radius 3 is 1.88 bits per heavy atom. The van der Waals surface area contributed by atoms with Crippen molar-refractivity contribution in [2.45, 2.75) is 77.2 Å². The largest absolute Gasteiger partial charge is 0.380 e. The predicted octanol–water partition coefficient (Wildman–Crippen LogP) is 6.60. The topological polar surface area (TPSA) is 9.23 Å². The van der Waals surface area contributed by atoms with Crippen LogP contribution in [-0.4, -0.2) is 7.11 Å². The third-order valence-corrected chi connectivity index (χ3v) is 6.83. The van der Waals surface area contributed by atoms with Gasteiger partial charge in [-0.2, -0.15) is 0 Å². The molecule has 1 aromatic carbocycles. The molecular weight excluding hydrogens is 318 g/mol. The van der Waals surface area contributed by atoms with E-state index in [1.165, 1.54) is 64.2 Å². The maximum atomic E-state index is 14.2. The van der Waals surface area contributed by atoms with Crippen molar-refractivity contribution in [2.75, 3.05) is 7.11 Å². The van der Waals surface area contributed by atoms with Gasteiger partial charge in [0.05, 0.1) is 6.61 Å². The summed E-state index contributed by atoms with van der Waals surface area (Å²) in [6.07, 6.45) is 11.5. The number of methoxy groups -OCH3 is 1. The molecule has 0 unspecified atom stereocenters. The molecule has 0 amide bonds. The fourth-order valence-electron chi connectivity index (χ4n) is 5.13. The van der Waals surface area contributed by atoms with E-state index in [9.17, 15) is 8.78 Å². The first kappa shape index (κ1) is 18.8. The van der Waals surface area contributed by atoms with E-state index >= 15 is 0 Å². The van der Waals surface area contributed by atoms with Crippen LogP contribution in [0.1, 0.15) is 81.8 Å². The van der Waals surface area contributed by atoms with Crippen LogP contribution < -0.4 is 0 Å². The van der Waals surface area contributed by atoms with E-state index < -0.39 is 11.6 Å². The molecular formula is C22H32F2O. The predicted molar refractivity (Wildman–Crippen MR) is 97.5 cm³/mol. The summed E-state index contributed by atoms with van der Waals surface area (Å²) in [5, 5.41) is 0. The van der Waals surface area contributed by atoms with Gasteiger partial charge in [-0.25, -0.2) is 8.78 Å². The van der Waals surface area contributed by atoms with Crippen molar-refractivity contribution in [2.24, 2.45) is 17.8 Å². The van der Waals surface area contributed by atoms with Crippen molar-refractivity contribution in [3.05, 3.63) is 34.9 Å². The molecule has 2 fully saturated rings. The highest BCUT2D eigenvalue weighted by molar-refractivity contribution is 5.28. The van der Waals surface area contributed by atoms with E-state index in [4.69, 9.17) is 4.74 Å². The second kappa shape index (κ2) is 8.62. The minimum atomic E-state index is -0.461. The number of benzene rings is 1. The number of hydrogen-bond acceptors (Lipinski definition) is 1. The van der Waals surface area contributed by atoms with E-state index in [1.54, 1.807) is 0 Å². The smallest absolute Gasteiger partial charge is 0.131 e. The Bertz CT molecular complexity index is 532. The zero-order valence-electron chi connectivity index (χ0n) is 15.7. The molecule has 0 bridgehead atoms. The Balaban J connectivity index is 1.57. The first-order chi connectivity index (χ1) is 12.1. The van der Waals surface area contributed by atoms with Crippen LogP contribution in [-0.2, 0) is 11.3 Å². The van der Waals surface area contributed by atoms with E-state index in [1.807, 2.05) is 0 Å². The second-order valence-corrected chi connectivity index (χ2v) is 8.20. The summed E-state index contributed by atoms with van der Waals surface area (Å²) in [6, 6.07) is 3.07. The van der Waals surface area contributed by atoms with Gasteiger partial charge < -0.3 is 4.74 Å². The molecule has 3 rings (SSSR count). The van der Waals surface area contributed by atoms with E-state index in [0.717, 1.165) is 36.2 Å². The Morgan fingerprint density at radius 2 is 1.40 bits per heavy atom. The van der Waals surface area contributed by atoms with Crippen LogP contribution in [0.2, 0.25) is 0 Å². The summed E-state index contributed by atoms with van der Waals surface area (Å²) in [5.41, 5.74) is 0.885. The minimum absolute atomic E-state index is 0.00881. The van der Waals surface area contributed by atoms with Gasteiger partial charge in [-0.15, -0.1) is 0 Å². The highest BCUT2D eigenvalue weighted by Gasteiger charge is 2.31. The fraction of sp³-hybridized carbons (Fsp3) is 0.727. The van der Waals surface area contributed by atoms with Crippen LogP contribution >= 0.6 is 0 Å². The summed E-state index contributed by atoms with van der Waals surface area (Å²) < 4.78 is 33.2. The van der Waals surface area contributed by atoms with E-state index in [0.29, 0.717) is 5.92 Å². The van der Waals surface area contributed by atoms with E-state index in [2.05, 4.69) is 6.92 Å². The van der Waals surface area contributed by atoms with Crippen molar-refractivity contribution in [1.82, 2.24) is 0 Å². The van der Waals surface area contributed by atoms with Gasteiger partial charge in [0, 0.05) is 12.7 Å². The Morgan fingerprint density at radius 1 is 0.880 bits per heavy atom. The molecule has 3 heteroatoms. The number of hydrogen-bond donors (Lipinski definition) is 0. The number of ether oxygens (including phenoxy) is 1. The average Bonchev–Trinajstić information content (AvgIpc) is 2.65. The van der Waals surface area contributed by atoms with Gasteiger partial charge in [0.25, 0.3) is 0 Å². The molecule has 1 aromatic rings. The SMILES string of the molecule is CC[C@H]1CC[C@H]([C@H]2CC[C@H](c3cc(F)c(COC)c(F)c3)CC2)CC1. The summed E-state index contributed by atoms with van der Waals surface area (Å²) in [6.45, 7) is 2.30. The molecule has 0 radical (unpaired) electrons. The van der Waals surface area contributed by atoms with Crippen LogP contribution in [0.5, 0.6) is 0 Å². The molecule has 0 N–H and O–H groups in total. The molecule has 0 aliphatic heterocycles. The van der Waals surface area contributed by atoms with Gasteiger partial charge in [0.1, 0.15) is 11.6 Å². The summed E-state index contributed by atoms with van der Waals surface area (Å²) in [5.74, 6) is 2.06. The number of rotatable bonds is 5. The van der Waals surface area contributed by atoms with Gasteiger partial charge in [-0.1, -0.05) is 26.2 Å².